The van der Waals surface area contributed by atoms with E-state index in [0.29, 0.717) is 0 Å². The summed E-state index contributed by atoms with van der Waals surface area (Å²) in [6.07, 6.45) is -4.52. The lowest BCUT2D eigenvalue weighted by molar-refractivity contribution is -0.251. The van der Waals surface area contributed by atoms with Crippen molar-refractivity contribution in [2.24, 2.45) is 5.73 Å². The average molecular weight is 197 g/mol. The number of hydrogen-bond acceptors (Lipinski definition) is 7. The molecule has 0 aliphatic carbocycles. The molecule has 0 saturated carbocycles. The first-order chi connectivity index (χ1) is 6.04. The minimum Gasteiger partial charge on any atom is -0.394 e. The molecule has 0 aromatic carbocycles. The first-order valence-corrected chi connectivity index (χ1v) is 3.71. The summed E-state index contributed by atoms with van der Waals surface area (Å²) in [5.41, 5.74) is 5.23. The van der Waals surface area contributed by atoms with Crippen molar-refractivity contribution in [3.05, 3.63) is 0 Å². The van der Waals surface area contributed by atoms with E-state index in [0.717, 1.165) is 0 Å². The lowest BCUT2D eigenvalue weighted by Gasteiger charge is -2.25. The molecule has 0 heterocycles. The molecule has 0 aromatic rings. The Hall–Kier alpha value is -0.280. The van der Waals surface area contributed by atoms with E-state index < -0.39 is 31.0 Å². The SMILES string of the molecule is N[C@@H](COO)[C@@H](O)[C@@H](O)[C@H](O)CO. The van der Waals surface area contributed by atoms with Gasteiger partial charge in [0.25, 0.3) is 0 Å². The summed E-state index contributed by atoms with van der Waals surface area (Å²) < 4.78 is 0. The van der Waals surface area contributed by atoms with E-state index in [4.69, 9.17) is 26.3 Å². The monoisotopic (exact) mass is 197 g/mol. The summed E-state index contributed by atoms with van der Waals surface area (Å²) in [6.45, 7) is -1.07. The summed E-state index contributed by atoms with van der Waals surface area (Å²) >= 11 is 0. The predicted molar refractivity (Wildman–Crippen MR) is 41.7 cm³/mol. The number of rotatable bonds is 6. The van der Waals surface area contributed by atoms with E-state index in [-0.39, 0.29) is 6.61 Å². The molecule has 13 heavy (non-hydrogen) atoms. The number of aliphatic hydroxyl groups is 4. The molecule has 0 saturated heterocycles. The van der Waals surface area contributed by atoms with Crippen LogP contribution < -0.4 is 5.73 Å². The lowest BCUT2D eigenvalue weighted by atomic mass is 10.0. The number of aliphatic hydroxyl groups excluding tert-OH is 4. The van der Waals surface area contributed by atoms with Gasteiger partial charge in [-0.15, -0.1) is 0 Å². The van der Waals surface area contributed by atoms with Gasteiger partial charge in [0.15, 0.2) is 0 Å². The fraction of sp³-hybridized carbons (Fsp3) is 1.00. The molecule has 7 N–H and O–H groups in total. The van der Waals surface area contributed by atoms with E-state index >= 15 is 0 Å². The fourth-order valence-corrected chi connectivity index (χ4v) is 0.774. The first kappa shape index (κ1) is 12.7. The highest BCUT2D eigenvalue weighted by Gasteiger charge is 2.29. The largest absolute Gasteiger partial charge is 0.394 e. The van der Waals surface area contributed by atoms with Crippen molar-refractivity contribution in [2.75, 3.05) is 13.2 Å². The molecule has 7 heteroatoms. The zero-order valence-corrected chi connectivity index (χ0v) is 6.95. The van der Waals surface area contributed by atoms with Crippen molar-refractivity contribution >= 4 is 0 Å². The van der Waals surface area contributed by atoms with Gasteiger partial charge in [0, 0.05) is 0 Å². The van der Waals surface area contributed by atoms with Crippen LogP contribution in [0.3, 0.4) is 0 Å². The maximum atomic E-state index is 9.18. The van der Waals surface area contributed by atoms with Crippen LogP contribution in [0.1, 0.15) is 0 Å². The minimum atomic E-state index is -1.57. The molecule has 0 bridgehead atoms. The molecular weight excluding hydrogens is 182 g/mol. The number of nitrogens with two attached hydrogens (primary N) is 1. The fourth-order valence-electron chi connectivity index (χ4n) is 0.774. The summed E-state index contributed by atoms with van der Waals surface area (Å²) in [6, 6.07) is -1.04. The second-order valence-corrected chi connectivity index (χ2v) is 2.69. The molecule has 0 fully saturated rings. The Morgan fingerprint density at radius 1 is 1.15 bits per heavy atom. The van der Waals surface area contributed by atoms with Crippen molar-refractivity contribution in [3.63, 3.8) is 0 Å². The van der Waals surface area contributed by atoms with Crippen LogP contribution in [-0.2, 0) is 4.89 Å². The third kappa shape index (κ3) is 3.96. The third-order valence-electron chi connectivity index (χ3n) is 1.64. The van der Waals surface area contributed by atoms with Crippen LogP contribution >= 0.6 is 0 Å². The zero-order valence-electron chi connectivity index (χ0n) is 6.95. The Kier molecular flexibility index (Phi) is 6.08. The molecule has 7 nitrogen and oxygen atoms in total. The van der Waals surface area contributed by atoms with Gasteiger partial charge in [-0.25, -0.2) is 4.89 Å². The van der Waals surface area contributed by atoms with Crippen LogP contribution in [0.5, 0.6) is 0 Å². The molecule has 0 aromatic heterocycles. The summed E-state index contributed by atoms with van der Waals surface area (Å²) in [5, 5.41) is 43.6. The van der Waals surface area contributed by atoms with Crippen molar-refractivity contribution in [2.45, 2.75) is 24.4 Å². The van der Waals surface area contributed by atoms with E-state index in [2.05, 4.69) is 4.89 Å². The van der Waals surface area contributed by atoms with Crippen molar-refractivity contribution in [1.82, 2.24) is 0 Å². The lowest BCUT2D eigenvalue weighted by Crippen LogP contribution is -2.51. The summed E-state index contributed by atoms with van der Waals surface area (Å²) in [7, 11) is 0. The van der Waals surface area contributed by atoms with Crippen molar-refractivity contribution < 1.29 is 30.6 Å². The second-order valence-electron chi connectivity index (χ2n) is 2.69. The highest BCUT2D eigenvalue weighted by molar-refractivity contribution is 4.82. The van der Waals surface area contributed by atoms with Gasteiger partial charge in [-0.3, -0.25) is 5.26 Å². The minimum absolute atomic E-state index is 0.379. The Bertz CT molecular complexity index is 134. The van der Waals surface area contributed by atoms with Crippen LogP contribution in [0.15, 0.2) is 0 Å². The maximum absolute atomic E-state index is 9.18. The molecular formula is C6H15NO6. The molecule has 4 atom stereocenters. The van der Waals surface area contributed by atoms with Gasteiger partial charge in [-0.05, 0) is 0 Å². The molecule has 80 valence electrons. The smallest absolute Gasteiger partial charge is 0.110 e. The molecule has 0 spiro atoms. The topological polar surface area (TPSA) is 136 Å². The van der Waals surface area contributed by atoms with Crippen LogP contribution in [-0.4, -0.2) is 63.3 Å². The standard InChI is InChI=1S/C6H15NO6/c7-3(2-13-12)5(10)6(11)4(9)1-8/h3-6,8-12H,1-2,7H2/t3-,4+,5+,6-/m0/s1. The Balaban J connectivity index is 3.99. The molecule has 0 aliphatic rings. The van der Waals surface area contributed by atoms with E-state index in [9.17, 15) is 5.11 Å². The van der Waals surface area contributed by atoms with Gasteiger partial charge in [-0.1, -0.05) is 0 Å². The quantitative estimate of drug-likeness (QED) is 0.196. The normalized spacial score (nSPS) is 20.8. The third-order valence-corrected chi connectivity index (χ3v) is 1.64. The van der Waals surface area contributed by atoms with E-state index in [1.165, 1.54) is 0 Å². The Labute approximate surface area is 74.9 Å². The molecule has 0 rings (SSSR count). The van der Waals surface area contributed by atoms with Gasteiger partial charge in [-0.2, -0.15) is 0 Å². The first-order valence-electron chi connectivity index (χ1n) is 3.71. The highest BCUT2D eigenvalue weighted by Crippen LogP contribution is 2.03. The van der Waals surface area contributed by atoms with Gasteiger partial charge >= 0.3 is 0 Å². The van der Waals surface area contributed by atoms with E-state index in [1.54, 1.807) is 0 Å². The van der Waals surface area contributed by atoms with Crippen LogP contribution in [0.4, 0.5) is 0 Å². The highest BCUT2D eigenvalue weighted by atomic mass is 17.1. The predicted octanol–water partition coefficient (Wildman–Crippen LogP) is -3.12. The van der Waals surface area contributed by atoms with E-state index in [1.807, 2.05) is 0 Å². The summed E-state index contributed by atoms with van der Waals surface area (Å²) in [4.78, 5) is 3.65. The summed E-state index contributed by atoms with van der Waals surface area (Å²) in [5.74, 6) is 0. The Morgan fingerprint density at radius 2 is 1.69 bits per heavy atom. The van der Waals surface area contributed by atoms with Crippen molar-refractivity contribution in [3.8, 4) is 0 Å². The molecule has 0 amide bonds. The molecule has 0 unspecified atom stereocenters. The van der Waals surface area contributed by atoms with Gasteiger partial charge in [0.05, 0.1) is 25.4 Å². The number of hydrogen-bond donors (Lipinski definition) is 6. The van der Waals surface area contributed by atoms with Gasteiger partial charge in [0.1, 0.15) is 12.2 Å². The van der Waals surface area contributed by atoms with Crippen LogP contribution in [0.2, 0.25) is 0 Å². The van der Waals surface area contributed by atoms with Gasteiger partial charge < -0.3 is 26.2 Å². The zero-order chi connectivity index (χ0) is 10.4. The second kappa shape index (κ2) is 6.22. The van der Waals surface area contributed by atoms with Crippen LogP contribution in [0.25, 0.3) is 0 Å². The molecule has 0 aliphatic heterocycles. The van der Waals surface area contributed by atoms with Gasteiger partial charge in [0.2, 0.25) is 0 Å². The van der Waals surface area contributed by atoms with Crippen LogP contribution in [0, 0.1) is 0 Å². The molecule has 0 radical (unpaired) electrons. The average Bonchev–Trinajstić information content (AvgIpc) is 2.14. The maximum Gasteiger partial charge on any atom is 0.110 e. The van der Waals surface area contributed by atoms with Crippen molar-refractivity contribution in [1.29, 1.82) is 0 Å². The Morgan fingerprint density at radius 3 is 2.08 bits per heavy atom.